The molecule has 1 amide bonds. The highest BCUT2D eigenvalue weighted by atomic mass is 35.5. The van der Waals surface area contributed by atoms with Crippen molar-refractivity contribution in [3.8, 4) is 5.75 Å². The van der Waals surface area contributed by atoms with Crippen molar-refractivity contribution < 1.29 is 9.53 Å². The molecule has 0 spiro atoms. The van der Waals surface area contributed by atoms with Crippen LogP contribution in [0, 0.1) is 0 Å². The standard InChI is InChI=1S/C24H20ClN3O3/c1-31-19-11-9-16(10-12-19)14-28(24(30)17-5-4-6-18(25)13-17)15-22-26-21-8-3-2-7-20(21)23(29)27-22/h2-13H,14-15H2,1H3,(H,26,27,29). The molecule has 0 radical (unpaired) electrons. The molecule has 156 valence electrons. The number of nitrogens with zero attached hydrogens (tertiary/aromatic N) is 2. The Balaban J connectivity index is 1.69. The largest absolute Gasteiger partial charge is 0.497 e. The van der Waals surface area contributed by atoms with Crippen molar-refractivity contribution in [3.63, 3.8) is 0 Å². The summed E-state index contributed by atoms with van der Waals surface area (Å²) in [5, 5.41) is 0.988. The normalized spacial score (nSPS) is 10.8. The van der Waals surface area contributed by atoms with Crippen LogP contribution in [0.3, 0.4) is 0 Å². The van der Waals surface area contributed by atoms with Crippen LogP contribution in [0.5, 0.6) is 5.75 Å². The van der Waals surface area contributed by atoms with Crippen LogP contribution in [0.2, 0.25) is 5.02 Å². The molecule has 3 aromatic carbocycles. The Labute approximate surface area is 184 Å². The zero-order chi connectivity index (χ0) is 21.8. The molecule has 1 N–H and O–H groups in total. The highest BCUT2D eigenvalue weighted by Gasteiger charge is 2.19. The molecule has 0 saturated heterocycles. The van der Waals surface area contributed by atoms with Gasteiger partial charge in [0.2, 0.25) is 0 Å². The molecular weight excluding hydrogens is 414 g/mol. The van der Waals surface area contributed by atoms with Crippen LogP contribution in [-0.2, 0) is 13.1 Å². The van der Waals surface area contributed by atoms with Crippen molar-refractivity contribution in [2.24, 2.45) is 0 Å². The van der Waals surface area contributed by atoms with Crippen molar-refractivity contribution in [1.29, 1.82) is 0 Å². The van der Waals surface area contributed by atoms with E-state index in [1.807, 2.05) is 30.3 Å². The van der Waals surface area contributed by atoms with Crippen molar-refractivity contribution in [2.45, 2.75) is 13.1 Å². The van der Waals surface area contributed by atoms with Gasteiger partial charge in [-0.2, -0.15) is 0 Å². The number of fused-ring (bicyclic) bond motifs is 1. The molecule has 1 aromatic heterocycles. The number of ether oxygens (including phenoxy) is 1. The second-order valence-electron chi connectivity index (χ2n) is 7.05. The third-order valence-corrected chi connectivity index (χ3v) is 5.13. The maximum absolute atomic E-state index is 13.3. The Hall–Kier alpha value is -3.64. The van der Waals surface area contributed by atoms with E-state index in [1.54, 1.807) is 54.5 Å². The van der Waals surface area contributed by atoms with E-state index in [-0.39, 0.29) is 18.0 Å². The maximum atomic E-state index is 13.3. The molecule has 0 fully saturated rings. The van der Waals surface area contributed by atoms with Crippen LogP contribution < -0.4 is 10.3 Å². The van der Waals surface area contributed by atoms with Crippen molar-refractivity contribution in [3.05, 3.63) is 105 Å². The highest BCUT2D eigenvalue weighted by molar-refractivity contribution is 6.30. The molecule has 7 heteroatoms. The molecule has 0 saturated carbocycles. The van der Waals surface area contributed by atoms with Gasteiger partial charge in [0.25, 0.3) is 11.5 Å². The van der Waals surface area contributed by atoms with Gasteiger partial charge in [-0.15, -0.1) is 0 Å². The molecular formula is C24H20ClN3O3. The summed E-state index contributed by atoms with van der Waals surface area (Å²) in [4.78, 5) is 34.7. The number of carbonyl (C=O) groups is 1. The minimum atomic E-state index is -0.236. The monoisotopic (exact) mass is 433 g/mol. The number of carbonyl (C=O) groups excluding carboxylic acids is 1. The molecule has 4 aromatic rings. The van der Waals surface area contributed by atoms with Crippen LogP contribution in [-0.4, -0.2) is 27.9 Å². The molecule has 0 unspecified atom stereocenters. The van der Waals surface area contributed by atoms with Crippen LogP contribution in [0.4, 0.5) is 0 Å². The van der Waals surface area contributed by atoms with E-state index in [1.165, 1.54) is 0 Å². The lowest BCUT2D eigenvalue weighted by atomic mass is 10.1. The smallest absolute Gasteiger partial charge is 0.258 e. The molecule has 0 aliphatic rings. The van der Waals surface area contributed by atoms with Gasteiger partial charge in [-0.25, -0.2) is 4.98 Å². The van der Waals surface area contributed by atoms with E-state index in [2.05, 4.69) is 9.97 Å². The second kappa shape index (κ2) is 9.02. The number of hydrogen-bond acceptors (Lipinski definition) is 4. The first-order valence-corrected chi connectivity index (χ1v) is 10.1. The van der Waals surface area contributed by atoms with Gasteiger partial charge in [0.15, 0.2) is 0 Å². The molecule has 4 rings (SSSR count). The lowest BCUT2D eigenvalue weighted by molar-refractivity contribution is 0.0725. The van der Waals surface area contributed by atoms with Gasteiger partial charge in [0.05, 0.1) is 24.6 Å². The summed E-state index contributed by atoms with van der Waals surface area (Å²) in [5.41, 5.74) is 1.73. The first-order valence-electron chi connectivity index (χ1n) is 9.69. The van der Waals surface area contributed by atoms with Gasteiger partial charge >= 0.3 is 0 Å². The van der Waals surface area contributed by atoms with E-state index in [4.69, 9.17) is 16.3 Å². The summed E-state index contributed by atoms with van der Waals surface area (Å²) in [6.07, 6.45) is 0. The number of hydrogen-bond donors (Lipinski definition) is 1. The van der Waals surface area contributed by atoms with Crippen LogP contribution in [0.15, 0.2) is 77.6 Å². The zero-order valence-electron chi connectivity index (χ0n) is 16.8. The van der Waals surface area contributed by atoms with Gasteiger partial charge in [-0.1, -0.05) is 41.9 Å². The summed E-state index contributed by atoms with van der Waals surface area (Å²) in [6.45, 7) is 0.462. The van der Waals surface area contributed by atoms with Crippen LogP contribution in [0.25, 0.3) is 10.9 Å². The average Bonchev–Trinajstić information content (AvgIpc) is 2.79. The summed E-state index contributed by atoms with van der Waals surface area (Å²) in [7, 11) is 1.60. The van der Waals surface area contributed by atoms with E-state index < -0.39 is 0 Å². The van der Waals surface area contributed by atoms with Crippen molar-refractivity contribution in [1.82, 2.24) is 14.9 Å². The Bertz CT molecular complexity index is 1290. The van der Waals surface area contributed by atoms with E-state index in [0.29, 0.717) is 33.9 Å². The number of methoxy groups -OCH3 is 1. The Morgan fingerprint density at radius 3 is 2.55 bits per heavy atom. The molecule has 0 aliphatic heterocycles. The van der Waals surface area contributed by atoms with Gasteiger partial charge in [-0.05, 0) is 48.0 Å². The number of H-pyrrole nitrogens is 1. The number of nitrogens with one attached hydrogen (secondary N) is 1. The topological polar surface area (TPSA) is 75.3 Å². The second-order valence-corrected chi connectivity index (χ2v) is 7.49. The van der Waals surface area contributed by atoms with E-state index in [9.17, 15) is 9.59 Å². The third kappa shape index (κ3) is 4.75. The van der Waals surface area contributed by atoms with Gasteiger partial charge < -0.3 is 14.6 Å². The number of benzene rings is 3. The Morgan fingerprint density at radius 1 is 1.03 bits per heavy atom. The lowest BCUT2D eigenvalue weighted by Crippen LogP contribution is -2.31. The number of amides is 1. The average molecular weight is 434 g/mol. The van der Waals surface area contributed by atoms with Crippen molar-refractivity contribution >= 4 is 28.4 Å². The van der Waals surface area contributed by atoms with E-state index >= 15 is 0 Å². The zero-order valence-corrected chi connectivity index (χ0v) is 17.6. The summed E-state index contributed by atoms with van der Waals surface area (Å²) >= 11 is 6.09. The van der Waals surface area contributed by atoms with Crippen LogP contribution >= 0.6 is 11.6 Å². The summed E-state index contributed by atoms with van der Waals surface area (Å²) < 4.78 is 5.21. The lowest BCUT2D eigenvalue weighted by Gasteiger charge is -2.23. The van der Waals surface area contributed by atoms with E-state index in [0.717, 1.165) is 11.3 Å². The van der Waals surface area contributed by atoms with Crippen molar-refractivity contribution in [2.75, 3.05) is 7.11 Å². The minimum absolute atomic E-state index is 0.136. The van der Waals surface area contributed by atoms with Gasteiger partial charge in [0.1, 0.15) is 11.6 Å². The van der Waals surface area contributed by atoms with Gasteiger partial charge in [-0.3, -0.25) is 9.59 Å². The predicted octanol–water partition coefficient (Wildman–Crippen LogP) is 4.43. The SMILES string of the molecule is COc1ccc(CN(Cc2nc3ccccc3c(=O)[nH]2)C(=O)c2cccc(Cl)c2)cc1. The minimum Gasteiger partial charge on any atom is -0.497 e. The number of aromatic amines is 1. The fraction of sp³-hybridized carbons (Fsp3) is 0.125. The molecule has 1 heterocycles. The number of para-hydroxylation sites is 1. The third-order valence-electron chi connectivity index (χ3n) is 4.89. The quantitative estimate of drug-likeness (QED) is 0.488. The fourth-order valence-corrected chi connectivity index (χ4v) is 3.54. The number of rotatable bonds is 6. The summed E-state index contributed by atoms with van der Waals surface area (Å²) in [5.74, 6) is 0.929. The predicted molar refractivity (Wildman–Crippen MR) is 120 cm³/mol. The highest BCUT2D eigenvalue weighted by Crippen LogP contribution is 2.18. The Kier molecular flexibility index (Phi) is 6.00. The van der Waals surface area contributed by atoms with Gasteiger partial charge in [0, 0.05) is 17.1 Å². The summed E-state index contributed by atoms with van der Waals surface area (Å²) in [6, 6.07) is 21.4. The first-order chi connectivity index (χ1) is 15.0. The first kappa shape index (κ1) is 20.6. The molecule has 0 atom stereocenters. The molecule has 0 aliphatic carbocycles. The fourth-order valence-electron chi connectivity index (χ4n) is 3.35. The number of halogens is 1. The van der Waals surface area contributed by atoms with Crippen LogP contribution in [0.1, 0.15) is 21.7 Å². The number of aromatic nitrogens is 2. The Morgan fingerprint density at radius 2 is 1.81 bits per heavy atom. The maximum Gasteiger partial charge on any atom is 0.258 e. The molecule has 0 bridgehead atoms. The molecule has 6 nitrogen and oxygen atoms in total. The molecule has 31 heavy (non-hydrogen) atoms.